The van der Waals surface area contributed by atoms with Crippen LogP contribution in [0.1, 0.15) is 24.8 Å². The van der Waals surface area contributed by atoms with Crippen LogP contribution in [-0.4, -0.2) is 0 Å². The van der Waals surface area contributed by atoms with E-state index in [0.717, 1.165) is 17.9 Å². The van der Waals surface area contributed by atoms with E-state index < -0.39 is 0 Å². The molecule has 1 fully saturated rings. The zero-order chi connectivity index (χ0) is 11.2. The molecule has 82 valence electrons. The molecule has 0 aromatic heterocycles. The molecule has 1 saturated carbocycles. The Balaban J connectivity index is 2.14. The fourth-order valence-electron chi connectivity index (χ4n) is 2.37. The first-order valence-electron chi connectivity index (χ1n) is 5.66. The average Bonchev–Trinajstić information content (AvgIpc) is 2.25. The van der Waals surface area contributed by atoms with Crippen LogP contribution in [0.25, 0.3) is 10.8 Å². The van der Waals surface area contributed by atoms with Gasteiger partial charge in [0.25, 0.3) is 0 Å². The molecule has 0 aliphatic heterocycles. The largest absolute Gasteiger partial charge is 0.321 e. The third kappa shape index (κ3) is 1.51. The van der Waals surface area contributed by atoms with E-state index in [9.17, 15) is 0 Å². The van der Waals surface area contributed by atoms with Crippen LogP contribution in [0.5, 0.6) is 0 Å². The van der Waals surface area contributed by atoms with Crippen LogP contribution in [0.3, 0.4) is 0 Å². The van der Waals surface area contributed by atoms with E-state index in [1.54, 1.807) is 0 Å². The molecular weight excluding hydrogens is 218 g/mol. The quantitative estimate of drug-likeness (QED) is 0.793. The van der Waals surface area contributed by atoms with Gasteiger partial charge in [-0.15, -0.1) is 0 Å². The minimum absolute atomic E-state index is 0.0868. The topological polar surface area (TPSA) is 26.0 Å². The highest BCUT2D eigenvalue weighted by Crippen LogP contribution is 2.39. The van der Waals surface area contributed by atoms with Crippen molar-refractivity contribution in [1.29, 1.82) is 0 Å². The average molecular weight is 232 g/mol. The molecule has 3 rings (SSSR count). The van der Waals surface area contributed by atoms with Crippen molar-refractivity contribution in [3.05, 3.63) is 47.0 Å². The van der Waals surface area contributed by atoms with Crippen LogP contribution in [0, 0.1) is 0 Å². The molecule has 2 aromatic rings. The van der Waals surface area contributed by atoms with E-state index in [2.05, 4.69) is 18.2 Å². The number of benzene rings is 2. The molecule has 1 aliphatic carbocycles. The van der Waals surface area contributed by atoms with Gasteiger partial charge in [0, 0.05) is 10.6 Å². The van der Waals surface area contributed by atoms with Crippen LogP contribution in [0.15, 0.2) is 36.4 Å². The maximum absolute atomic E-state index is 6.32. The Bertz CT molecular complexity index is 543. The number of hydrogen-bond donors (Lipinski definition) is 1. The normalized spacial score (nSPS) is 18.4. The Morgan fingerprint density at radius 3 is 2.44 bits per heavy atom. The van der Waals surface area contributed by atoms with Crippen molar-refractivity contribution in [3.63, 3.8) is 0 Å². The van der Waals surface area contributed by atoms with E-state index in [1.807, 2.05) is 18.2 Å². The third-order valence-corrected chi connectivity index (χ3v) is 3.86. The van der Waals surface area contributed by atoms with Crippen molar-refractivity contribution in [2.75, 3.05) is 0 Å². The second kappa shape index (κ2) is 3.47. The summed E-state index contributed by atoms with van der Waals surface area (Å²) in [6.07, 6.45) is 3.43. The van der Waals surface area contributed by atoms with Crippen LogP contribution in [-0.2, 0) is 5.54 Å². The van der Waals surface area contributed by atoms with Gasteiger partial charge in [-0.25, -0.2) is 0 Å². The second-order valence-electron chi connectivity index (χ2n) is 4.72. The van der Waals surface area contributed by atoms with E-state index in [1.165, 1.54) is 22.8 Å². The van der Waals surface area contributed by atoms with Crippen molar-refractivity contribution >= 4 is 22.4 Å². The molecule has 2 heteroatoms. The smallest absolute Gasteiger partial charge is 0.0412 e. The highest BCUT2D eigenvalue weighted by Gasteiger charge is 2.34. The summed E-state index contributed by atoms with van der Waals surface area (Å²) in [5, 5.41) is 3.18. The van der Waals surface area contributed by atoms with Gasteiger partial charge in [-0.1, -0.05) is 29.8 Å². The molecule has 16 heavy (non-hydrogen) atoms. The predicted octanol–water partition coefficient (Wildman–Crippen LogP) is 3.83. The van der Waals surface area contributed by atoms with Gasteiger partial charge in [-0.2, -0.15) is 0 Å². The summed E-state index contributed by atoms with van der Waals surface area (Å²) in [5.41, 5.74) is 7.48. The first-order valence-corrected chi connectivity index (χ1v) is 6.04. The van der Waals surface area contributed by atoms with Gasteiger partial charge in [-0.05, 0) is 53.8 Å². The highest BCUT2D eigenvalue weighted by atomic mass is 35.5. The maximum Gasteiger partial charge on any atom is 0.0412 e. The Hall–Kier alpha value is -1.05. The summed E-state index contributed by atoms with van der Waals surface area (Å²) in [7, 11) is 0. The zero-order valence-electron chi connectivity index (χ0n) is 9.04. The van der Waals surface area contributed by atoms with Gasteiger partial charge in [0.1, 0.15) is 0 Å². The second-order valence-corrected chi connectivity index (χ2v) is 5.15. The van der Waals surface area contributed by atoms with Gasteiger partial charge >= 0.3 is 0 Å². The standard InChI is InChI=1S/C14H14ClN/c15-13-5-3-10-2-4-12(8-11(10)9-13)14(16)6-1-7-14/h2-5,8-9H,1,6-7,16H2. The molecule has 0 amide bonds. The number of hydrogen-bond acceptors (Lipinski definition) is 1. The SMILES string of the molecule is NC1(c2ccc3ccc(Cl)cc3c2)CCC1. The molecule has 1 aliphatic rings. The number of rotatable bonds is 1. The minimum Gasteiger partial charge on any atom is -0.321 e. The maximum atomic E-state index is 6.32. The fraction of sp³-hybridized carbons (Fsp3) is 0.286. The molecule has 2 aromatic carbocycles. The molecule has 0 spiro atoms. The van der Waals surface area contributed by atoms with Crippen molar-refractivity contribution in [3.8, 4) is 0 Å². The number of nitrogens with two attached hydrogens (primary N) is 1. The lowest BCUT2D eigenvalue weighted by Crippen LogP contribution is -2.43. The van der Waals surface area contributed by atoms with Crippen LogP contribution < -0.4 is 5.73 Å². The lowest BCUT2D eigenvalue weighted by molar-refractivity contribution is 0.254. The zero-order valence-corrected chi connectivity index (χ0v) is 9.80. The van der Waals surface area contributed by atoms with Crippen molar-refractivity contribution in [2.45, 2.75) is 24.8 Å². The van der Waals surface area contributed by atoms with Crippen LogP contribution in [0.4, 0.5) is 0 Å². The molecule has 0 unspecified atom stereocenters. The molecule has 0 atom stereocenters. The van der Waals surface area contributed by atoms with Gasteiger partial charge < -0.3 is 5.73 Å². The number of halogens is 1. The van der Waals surface area contributed by atoms with E-state index >= 15 is 0 Å². The Morgan fingerprint density at radius 1 is 1.00 bits per heavy atom. The van der Waals surface area contributed by atoms with Crippen molar-refractivity contribution < 1.29 is 0 Å². The lowest BCUT2D eigenvalue weighted by atomic mass is 9.72. The first kappa shape index (κ1) is 10.1. The van der Waals surface area contributed by atoms with E-state index in [-0.39, 0.29) is 5.54 Å². The van der Waals surface area contributed by atoms with Crippen LogP contribution >= 0.6 is 11.6 Å². The summed E-state index contributed by atoms with van der Waals surface area (Å²) in [6, 6.07) is 12.4. The summed E-state index contributed by atoms with van der Waals surface area (Å²) < 4.78 is 0. The Labute approximate surface area is 100 Å². The molecule has 0 heterocycles. The molecule has 0 radical (unpaired) electrons. The van der Waals surface area contributed by atoms with E-state index in [4.69, 9.17) is 17.3 Å². The van der Waals surface area contributed by atoms with Gasteiger partial charge in [-0.3, -0.25) is 0 Å². The lowest BCUT2D eigenvalue weighted by Gasteiger charge is -2.38. The molecule has 1 nitrogen and oxygen atoms in total. The summed E-state index contributed by atoms with van der Waals surface area (Å²) in [4.78, 5) is 0. The fourth-order valence-corrected chi connectivity index (χ4v) is 2.55. The summed E-state index contributed by atoms with van der Waals surface area (Å²) >= 11 is 6.00. The van der Waals surface area contributed by atoms with Crippen molar-refractivity contribution in [1.82, 2.24) is 0 Å². The minimum atomic E-state index is -0.0868. The Kier molecular flexibility index (Phi) is 2.20. The van der Waals surface area contributed by atoms with Gasteiger partial charge in [0.05, 0.1) is 0 Å². The first-order chi connectivity index (χ1) is 7.67. The molecule has 2 N–H and O–H groups in total. The molecule has 0 bridgehead atoms. The van der Waals surface area contributed by atoms with Gasteiger partial charge in [0.15, 0.2) is 0 Å². The number of fused-ring (bicyclic) bond motifs is 1. The van der Waals surface area contributed by atoms with Crippen LogP contribution in [0.2, 0.25) is 5.02 Å². The highest BCUT2D eigenvalue weighted by molar-refractivity contribution is 6.31. The van der Waals surface area contributed by atoms with E-state index in [0.29, 0.717) is 0 Å². The Morgan fingerprint density at radius 2 is 1.75 bits per heavy atom. The summed E-state index contributed by atoms with van der Waals surface area (Å²) in [6.45, 7) is 0. The van der Waals surface area contributed by atoms with Gasteiger partial charge in [0.2, 0.25) is 0 Å². The summed E-state index contributed by atoms with van der Waals surface area (Å²) in [5.74, 6) is 0. The van der Waals surface area contributed by atoms with Crippen molar-refractivity contribution in [2.24, 2.45) is 5.73 Å². The monoisotopic (exact) mass is 231 g/mol. The third-order valence-electron chi connectivity index (χ3n) is 3.62. The molecular formula is C14H14ClN. The molecule has 0 saturated heterocycles. The predicted molar refractivity (Wildman–Crippen MR) is 68.7 cm³/mol.